The van der Waals surface area contributed by atoms with Gasteiger partial charge in [-0.25, -0.2) is 4.79 Å². The van der Waals surface area contributed by atoms with Crippen LogP contribution in [0.3, 0.4) is 0 Å². The molecule has 0 N–H and O–H groups in total. The Labute approximate surface area is 129 Å². The van der Waals surface area contributed by atoms with Crippen LogP contribution in [-0.2, 0) is 25.6 Å². The van der Waals surface area contributed by atoms with E-state index in [0.717, 1.165) is 19.6 Å². The zero-order valence-corrected chi connectivity index (χ0v) is 12.3. The predicted octanol–water partition coefficient (Wildman–Crippen LogP) is 1.39. The highest BCUT2D eigenvalue weighted by molar-refractivity contribution is 5.83. The van der Waals surface area contributed by atoms with Crippen molar-refractivity contribution in [2.75, 3.05) is 26.3 Å². The highest BCUT2D eigenvalue weighted by atomic mass is 16.5. The van der Waals surface area contributed by atoms with Gasteiger partial charge in [0.15, 0.2) is 0 Å². The van der Waals surface area contributed by atoms with Crippen LogP contribution in [-0.4, -0.2) is 43.1 Å². The van der Waals surface area contributed by atoms with Crippen molar-refractivity contribution in [3.63, 3.8) is 0 Å². The van der Waals surface area contributed by atoms with Gasteiger partial charge in [0.25, 0.3) is 0 Å². The number of esters is 2. The lowest BCUT2D eigenvalue weighted by Crippen LogP contribution is -2.23. The molecule has 5 nitrogen and oxygen atoms in total. The topological polar surface area (TPSA) is 55.8 Å². The fourth-order valence-electron chi connectivity index (χ4n) is 2.99. The lowest BCUT2D eigenvalue weighted by atomic mass is 10.0. The van der Waals surface area contributed by atoms with Gasteiger partial charge in [0, 0.05) is 31.6 Å². The standard InChI is InChI=1S/C13H15NO2.C4H4O2/c15-13-12-8-14(7-11(12)9-16-13)6-10-4-2-1-3-5-10;5-4-2-1-3-6-4/h1-5,11-12H,6-9H2;1-2H,3H2. The first-order chi connectivity index (χ1) is 10.7. The molecule has 2 atom stereocenters. The lowest BCUT2D eigenvalue weighted by Gasteiger charge is -2.16. The molecule has 0 radical (unpaired) electrons. The van der Waals surface area contributed by atoms with Crippen LogP contribution < -0.4 is 0 Å². The Hall–Kier alpha value is -2.14. The molecular formula is C17H19NO4. The maximum atomic E-state index is 11.4. The third-order valence-corrected chi connectivity index (χ3v) is 4.08. The molecule has 3 aliphatic heterocycles. The number of fused-ring (bicyclic) bond motifs is 1. The van der Waals surface area contributed by atoms with E-state index in [1.807, 2.05) is 6.07 Å². The minimum Gasteiger partial charge on any atom is -0.465 e. The van der Waals surface area contributed by atoms with E-state index in [4.69, 9.17) is 4.74 Å². The lowest BCUT2D eigenvalue weighted by molar-refractivity contribution is -0.141. The zero-order chi connectivity index (χ0) is 15.4. The molecule has 2 unspecified atom stereocenters. The Morgan fingerprint density at radius 2 is 1.91 bits per heavy atom. The minimum atomic E-state index is -0.227. The summed E-state index contributed by atoms with van der Waals surface area (Å²) in [7, 11) is 0. The molecule has 5 heteroatoms. The molecule has 2 saturated heterocycles. The Kier molecular flexibility index (Phi) is 4.53. The third-order valence-electron chi connectivity index (χ3n) is 4.08. The Morgan fingerprint density at radius 3 is 2.50 bits per heavy atom. The first-order valence-electron chi connectivity index (χ1n) is 7.48. The maximum absolute atomic E-state index is 11.4. The van der Waals surface area contributed by atoms with Crippen LogP contribution in [0.5, 0.6) is 0 Å². The first-order valence-corrected chi connectivity index (χ1v) is 7.48. The fourth-order valence-corrected chi connectivity index (χ4v) is 2.99. The fraction of sp³-hybridized carbons (Fsp3) is 0.412. The van der Waals surface area contributed by atoms with Crippen LogP contribution in [0.2, 0.25) is 0 Å². The summed E-state index contributed by atoms with van der Waals surface area (Å²) in [6.07, 6.45) is 3.10. The summed E-state index contributed by atoms with van der Waals surface area (Å²) in [6, 6.07) is 10.4. The molecule has 0 aromatic heterocycles. The molecule has 2 fully saturated rings. The van der Waals surface area contributed by atoms with E-state index in [0.29, 0.717) is 19.1 Å². The average Bonchev–Trinajstić information content (AvgIpc) is 3.22. The Morgan fingerprint density at radius 1 is 1.09 bits per heavy atom. The molecule has 116 valence electrons. The summed E-state index contributed by atoms with van der Waals surface area (Å²) in [5.74, 6) is 0.329. The van der Waals surface area contributed by atoms with Crippen molar-refractivity contribution in [1.29, 1.82) is 0 Å². The van der Waals surface area contributed by atoms with Gasteiger partial charge in [0.1, 0.15) is 6.61 Å². The molecule has 0 spiro atoms. The molecule has 0 aliphatic carbocycles. The number of carbonyl (C=O) groups is 2. The summed E-state index contributed by atoms with van der Waals surface area (Å²) in [5.41, 5.74) is 1.32. The maximum Gasteiger partial charge on any atom is 0.330 e. The Balaban J connectivity index is 0.000000202. The van der Waals surface area contributed by atoms with Crippen molar-refractivity contribution < 1.29 is 19.1 Å². The molecule has 0 bridgehead atoms. The van der Waals surface area contributed by atoms with Gasteiger partial charge in [0.05, 0.1) is 12.5 Å². The van der Waals surface area contributed by atoms with Crippen molar-refractivity contribution in [3.05, 3.63) is 48.0 Å². The van der Waals surface area contributed by atoms with Crippen molar-refractivity contribution in [3.8, 4) is 0 Å². The average molecular weight is 301 g/mol. The van der Waals surface area contributed by atoms with Crippen LogP contribution in [0.25, 0.3) is 0 Å². The number of ether oxygens (including phenoxy) is 2. The summed E-state index contributed by atoms with van der Waals surface area (Å²) >= 11 is 0. The van der Waals surface area contributed by atoms with E-state index in [1.54, 1.807) is 6.08 Å². The highest BCUT2D eigenvalue weighted by Gasteiger charge is 2.43. The number of benzene rings is 1. The van der Waals surface area contributed by atoms with Gasteiger partial charge in [-0.2, -0.15) is 0 Å². The number of likely N-dealkylation sites (tertiary alicyclic amines) is 1. The van der Waals surface area contributed by atoms with E-state index < -0.39 is 0 Å². The van der Waals surface area contributed by atoms with Crippen LogP contribution in [0, 0.1) is 11.8 Å². The molecule has 3 aliphatic rings. The molecular weight excluding hydrogens is 282 g/mol. The van der Waals surface area contributed by atoms with Crippen LogP contribution in [0.1, 0.15) is 5.56 Å². The summed E-state index contributed by atoms with van der Waals surface area (Å²) < 4.78 is 9.46. The third kappa shape index (κ3) is 3.54. The second kappa shape index (κ2) is 6.75. The van der Waals surface area contributed by atoms with Crippen molar-refractivity contribution in [1.82, 2.24) is 4.90 Å². The van der Waals surface area contributed by atoms with Crippen LogP contribution in [0.4, 0.5) is 0 Å². The quantitative estimate of drug-likeness (QED) is 0.773. The van der Waals surface area contributed by atoms with E-state index in [1.165, 1.54) is 11.6 Å². The predicted molar refractivity (Wildman–Crippen MR) is 79.8 cm³/mol. The van der Waals surface area contributed by atoms with E-state index in [-0.39, 0.29) is 17.9 Å². The number of carbonyl (C=O) groups excluding carboxylic acids is 2. The number of rotatable bonds is 2. The number of nitrogens with zero attached hydrogens (tertiary/aromatic N) is 1. The normalized spacial score (nSPS) is 26.2. The van der Waals surface area contributed by atoms with Crippen LogP contribution >= 0.6 is 0 Å². The monoisotopic (exact) mass is 301 g/mol. The number of hydrogen-bond donors (Lipinski definition) is 0. The van der Waals surface area contributed by atoms with Crippen molar-refractivity contribution in [2.45, 2.75) is 6.54 Å². The second-order valence-corrected chi connectivity index (χ2v) is 5.71. The smallest absolute Gasteiger partial charge is 0.330 e. The SMILES string of the molecule is O=C1C=CCO1.O=C1OCC2CN(Cc3ccccc3)CC12. The molecule has 4 rings (SSSR count). The molecule has 0 saturated carbocycles. The van der Waals surface area contributed by atoms with Gasteiger partial charge in [-0.3, -0.25) is 9.69 Å². The largest absolute Gasteiger partial charge is 0.465 e. The zero-order valence-electron chi connectivity index (χ0n) is 12.3. The number of cyclic esters (lactones) is 2. The number of hydrogen-bond acceptors (Lipinski definition) is 5. The van der Waals surface area contributed by atoms with E-state index in [9.17, 15) is 9.59 Å². The summed E-state index contributed by atoms with van der Waals surface area (Å²) in [6.45, 7) is 3.87. The van der Waals surface area contributed by atoms with Crippen molar-refractivity contribution >= 4 is 11.9 Å². The Bertz CT molecular complexity index is 569. The van der Waals surface area contributed by atoms with Gasteiger partial charge < -0.3 is 9.47 Å². The van der Waals surface area contributed by atoms with Gasteiger partial charge >= 0.3 is 11.9 Å². The van der Waals surface area contributed by atoms with Gasteiger partial charge in [-0.1, -0.05) is 30.3 Å². The van der Waals surface area contributed by atoms with Gasteiger partial charge in [0.2, 0.25) is 0 Å². The molecule has 1 aromatic rings. The second-order valence-electron chi connectivity index (χ2n) is 5.71. The molecule has 3 heterocycles. The minimum absolute atomic E-state index is 0.000520. The van der Waals surface area contributed by atoms with Gasteiger partial charge in [-0.05, 0) is 11.6 Å². The van der Waals surface area contributed by atoms with E-state index >= 15 is 0 Å². The van der Waals surface area contributed by atoms with E-state index in [2.05, 4.69) is 33.9 Å². The molecule has 1 aromatic carbocycles. The summed E-state index contributed by atoms with van der Waals surface area (Å²) in [5, 5.41) is 0. The van der Waals surface area contributed by atoms with Crippen LogP contribution in [0.15, 0.2) is 42.5 Å². The molecule has 0 amide bonds. The van der Waals surface area contributed by atoms with Gasteiger partial charge in [-0.15, -0.1) is 0 Å². The summed E-state index contributed by atoms with van der Waals surface area (Å²) in [4.78, 5) is 23.7. The highest BCUT2D eigenvalue weighted by Crippen LogP contribution is 2.30. The van der Waals surface area contributed by atoms with Crippen molar-refractivity contribution in [2.24, 2.45) is 11.8 Å². The molecule has 22 heavy (non-hydrogen) atoms. The first kappa shape index (κ1) is 14.8.